The lowest BCUT2D eigenvalue weighted by Crippen LogP contribution is -2.52. The van der Waals surface area contributed by atoms with Gasteiger partial charge in [-0.3, -0.25) is 13.9 Å². The average Bonchev–Trinajstić information content (AvgIpc) is 2.92. The maximum absolute atomic E-state index is 13.8. The van der Waals surface area contributed by atoms with Crippen LogP contribution in [0.25, 0.3) is 0 Å². The zero-order valence-corrected chi connectivity index (χ0v) is 23.5. The van der Waals surface area contributed by atoms with Crippen LogP contribution in [0.3, 0.4) is 0 Å². The van der Waals surface area contributed by atoms with Crippen molar-refractivity contribution in [2.45, 2.75) is 44.6 Å². The molecule has 0 spiro atoms. The molecule has 9 heteroatoms. The van der Waals surface area contributed by atoms with Crippen molar-refractivity contribution in [1.29, 1.82) is 0 Å². The van der Waals surface area contributed by atoms with Crippen LogP contribution in [0.4, 0.5) is 5.69 Å². The second kappa shape index (κ2) is 13.4. The minimum absolute atomic E-state index is 0.0525. The molecular weight excluding hydrogens is 522 g/mol. The van der Waals surface area contributed by atoms with Gasteiger partial charge in [0.1, 0.15) is 12.6 Å². The molecule has 0 aromatic heterocycles. The number of hydrogen-bond donors (Lipinski definition) is 1. The first kappa shape index (κ1) is 29.2. The van der Waals surface area contributed by atoms with E-state index in [9.17, 15) is 18.0 Å². The van der Waals surface area contributed by atoms with Crippen LogP contribution < -0.4 is 9.62 Å². The molecule has 202 valence electrons. The molecule has 0 saturated heterocycles. The Kier molecular flexibility index (Phi) is 10.3. The smallest absolute Gasteiger partial charge is 0.264 e. The number of carbonyl (C=O) groups is 2. The predicted octanol–water partition coefficient (Wildman–Crippen LogP) is 4.83. The highest BCUT2D eigenvalue weighted by molar-refractivity contribution is 7.92. The van der Waals surface area contributed by atoms with Crippen molar-refractivity contribution in [2.24, 2.45) is 0 Å². The Bertz CT molecular complexity index is 1330. The van der Waals surface area contributed by atoms with Crippen LogP contribution in [0.5, 0.6) is 0 Å². The lowest BCUT2D eigenvalue weighted by atomic mass is 10.1. The van der Waals surface area contributed by atoms with Crippen molar-refractivity contribution in [1.82, 2.24) is 10.2 Å². The lowest BCUT2D eigenvalue weighted by molar-refractivity contribution is -0.138. The molecule has 1 atom stereocenters. The molecule has 0 saturated carbocycles. The van der Waals surface area contributed by atoms with Crippen molar-refractivity contribution < 1.29 is 18.0 Å². The second-order valence-electron chi connectivity index (χ2n) is 9.05. The summed E-state index contributed by atoms with van der Waals surface area (Å²) in [6.07, 6.45) is 1.27. The third-order valence-corrected chi connectivity index (χ3v) is 8.26. The Morgan fingerprint density at radius 2 is 1.61 bits per heavy atom. The Hall–Kier alpha value is -3.36. The summed E-state index contributed by atoms with van der Waals surface area (Å²) in [5.41, 5.74) is 1.96. The quantitative estimate of drug-likeness (QED) is 0.347. The molecule has 0 heterocycles. The van der Waals surface area contributed by atoms with Gasteiger partial charge in [-0.1, -0.05) is 73.1 Å². The summed E-state index contributed by atoms with van der Waals surface area (Å²) in [6.45, 7) is 5.62. The summed E-state index contributed by atoms with van der Waals surface area (Å²) in [7, 11) is -4.12. The van der Waals surface area contributed by atoms with E-state index in [-0.39, 0.29) is 17.3 Å². The van der Waals surface area contributed by atoms with Gasteiger partial charge in [0.15, 0.2) is 0 Å². The van der Waals surface area contributed by atoms with Gasteiger partial charge in [0.25, 0.3) is 10.0 Å². The standard InChI is InChI=1S/C29H34ClN3O4S/c1-4-18-31-29(35)23(3)32(19-17-24-11-7-5-8-12-24)28(34)21-33(27-20-25(30)16-15-22(27)2)38(36,37)26-13-9-6-10-14-26/h5-16,20,23H,4,17-19,21H2,1-3H3,(H,31,35). The number of sulfonamides is 1. The van der Waals surface area contributed by atoms with Crippen molar-refractivity contribution in [3.63, 3.8) is 0 Å². The van der Waals surface area contributed by atoms with Gasteiger partial charge >= 0.3 is 0 Å². The highest BCUT2D eigenvalue weighted by Crippen LogP contribution is 2.29. The van der Waals surface area contributed by atoms with E-state index in [4.69, 9.17) is 11.6 Å². The van der Waals surface area contributed by atoms with E-state index in [2.05, 4.69) is 5.32 Å². The topological polar surface area (TPSA) is 86.8 Å². The molecule has 2 amide bonds. The van der Waals surface area contributed by atoms with Crippen molar-refractivity contribution in [3.8, 4) is 0 Å². The van der Waals surface area contributed by atoms with E-state index >= 15 is 0 Å². The summed E-state index contributed by atoms with van der Waals surface area (Å²) in [5, 5.41) is 3.19. The summed E-state index contributed by atoms with van der Waals surface area (Å²) < 4.78 is 28.7. The third kappa shape index (κ3) is 7.36. The fraction of sp³-hybridized carbons (Fsp3) is 0.310. The Morgan fingerprint density at radius 1 is 0.974 bits per heavy atom. The number of nitrogens with one attached hydrogen (secondary N) is 1. The molecular formula is C29H34ClN3O4S. The molecule has 0 aliphatic carbocycles. The first-order valence-electron chi connectivity index (χ1n) is 12.6. The molecule has 3 rings (SSSR count). The largest absolute Gasteiger partial charge is 0.354 e. The van der Waals surface area contributed by atoms with Gasteiger partial charge in [0, 0.05) is 18.1 Å². The molecule has 1 N–H and O–H groups in total. The number of nitrogens with zero attached hydrogens (tertiary/aromatic N) is 2. The van der Waals surface area contributed by atoms with Crippen LogP contribution >= 0.6 is 11.6 Å². The molecule has 0 aliphatic rings. The first-order valence-corrected chi connectivity index (χ1v) is 14.4. The summed E-state index contributed by atoms with van der Waals surface area (Å²) in [6, 6.07) is 21.7. The van der Waals surface area contributed by atoms with Gasteiger partial charge in [-0.15, -0.1) is 0 Å². The summed E-state index contributed by atoms with van der Waals surface area (Å²) in [4.78, 5) is 28.2. The summed E-state index contributed by atoms with van der Waals surface area (Å²) >= 11 is 6.24. The van der Waals surface area contributed by atoms with E-state index < -0.39 is 28.5 Å². The molecule has 0 bridgehead atoms. The molecule has 1 unspecified atom stereocenters. The van der Waals surface area contributed by atoms with E-state index in [0.717, 1.165) is 16.3 Å². The predicted molar refractivity (Wildman–Crippen MR) is 152 cm³/mol. The van der Waals surface area contributed by atoms with Crippen LogP contribution in [-0.4, -0.2) is 50.8 Å². The molecule has 38 heavy (non-hydrogen) atoms. The van der Waals surface area contributed by atoms with Crippen LogP contribution in [0.2, 0.25) is 5.02 Å². The normalized spacial score (nSPS) is 12.0. The van der Waals surface area contributed by atoms with Crippen LogP contribution in [0, 0.1) is 6.92 Å². The van der Waals surface area contributed by atoms with Gasteiger partial charge < -0.3 is 10.2 Å². The zero-order valence-electron chi connectivity index (χ0n) is 21.9. The van der Waals surface area contributed by atoms with E-state index in [1.54, 1.807) is 44.2 Å². The second-order valence-corrected chi connectivity index (χ2v) is 11.3. The van der Waals surface area contributed by atoms with E-state index in [1.807, 2.05) is 37.3 Å². The van der Waals surface area contributed by atoms with E-state index in [0.29, 0.717) is 29.2 Å². The SMILES string of the molecule is CCCNC(=O)C(C)N(CCc1ccccc1)C(=O)CN(c1cc(Cl)ccc1C)S(=O)(=O)c1ccccc1. The molecule has 3 aromatic carbocycles. The highest BCUT2D eigenvalue weighted by atomic mass is 35.5. The first-order chi connectivity index (χ1) is 18.1. The van der Waals surface area contributed by atoms with Crippen LogP contribution in [-0.2, 0) is 26.0 Å². The monoisotopic (exact) mass is 555 g/mol. The Labute approximate surface area is 230 Å². The van der Waals surface area contributed by atoms with Crippen molar-refractivity contribution in [2.75, 3.05) is 23.9 Å². The number of anilines is 1. The molecule has 0 aliphatic heterocycles. The zero-order chi connectivity index (χ0) is 27.7. The average molecular weight is 556 g/mol. The van der Waals surface area contributed by atoms with Crippen molar-refractivity contribution >= 4 is 39.1 Å². The number of hydrogen-bond acceptors (Lipinski definition) is 4. The number of benzene rings is 3. The van der Waals surface area contributed by atoms with Crippen LogP contribution in [0.1, 0.15) is 31.4 Å². The molecule has 0 fully saturated rings. The van der Waals surface area contributed by atoms with Gasteiger partial charge in [-0.2, -0.15) is 0 Å². The fourth-order valence-electron chi connectivity index (χ4n) is 4.05. The maximum atomic E-state index is 13.8. The van der Waals surface area contributed by atoms with Gasteiger partial charge in [-0.25, -0.2) is 8.42 Å². The highest BCUT2D eigenvalue weighted by Gasteiger charge is 2.32. The number of rotatable bonds is 12. The minimum atomic E-state index is -4.12. The number of halogens is 1. The summed E-state index contributed by atoms with van der Waals surface area (Å²) in [5.74, 6) is -0.774. The van der Waals surface area contributed by atoms with E-state index in [1.165, 1.54) is 23.1 Å². The number of amides is 2. The molecule has 3 aromatic rings. The Morgan fingerprint density at radius 3 is 2.24 bits per heavy atom. The van der Waals surface area contributed by atoms with Gasteiger partial charge in [0.05, 0.1) is 10.6 Å². The fourth-order valence-corrected chi connectivity index (χ4v) is 5.71. The lowest BCUT2D eigenvalue weighted by Gasteiger charge is -2.32. The minimum Gasteiger partial charge on any atom is -0.354 e. The van der Waals surface area contributed by atoms with Crippen LogP contribution in [0.15, 0.2) is 83.8 Å². The van der Waals surface area contributed by atoms with Gasteiger partial charge in [-0.05, 0) is 62.1 Å². The molecule has 0 radical (unpaired) electrons. The number of carbonyl (C=O) groups excluding carboxylic acids is 2. The Balaban J connectivity index is 1.99. The van der Waals surface area contributed by atoms with Crippen molar-refractivity contribution in [3.05, 3.63) is 95.0 Å². The third-order valence-electron chi connectivity index (χ3n) is 6.25. The molecule has 7 nitrogen and oxygen atoms in total. The maximum Gasteiger partial charge on any atom is 0.264 e. The number of aryl methyl sites for hydroxylation is 1. The van der Waals surface area contributed by atoms with Gasteiger partial charge in [0.2, 0.25) is 11.8 Å².